The zero-order chi connectivity index (χ0) is 20.4. The lowest BCUT2D eigenvalue weighted by Crippen LogP contribution is -2.43. The highest BCUT2D eigenvalue weighted by Crippen LogP contribution is 2.19. The van der Waals surface area contributed by atoms with Crippen LogP contribution in [0.2, 0.25) is 0 Å². The Morgan fingerprint density at radius 1 is 1.37 bits per heavy atom. The lowest BCUT2D eigenvalue weighted by molar-refractivity contribution is -0.132. The van der Waals surface area contributed by atoms with Gasteiger partial charge in [0, 0.05) is 38.6 Å². The highest BCUT2D eigenvalue weighted by molar-refractivity contribution is 5.76. The Morgan fingerprint density at radius 2 is 2.04 bits per heavy atom. The summed E-state index contributed by atoms with van der Waals surface area (Å²) in [5, 5.41) is 23.7. The molecule has 5 N–H and O–H groups in total. The van der Waals surface area contributed by atoms with E-state index in [2.05, 4.69) is 20.1 Å². The van der Waals surface area contributed by atoms with Gasteiger partial charge >= 0.3 is 0 Å². The van der Waals surface area contributed by atoms with Crippen LogP contribution in [0, 0.1) is 5.92 Å². The lowest BCUT2D eigenvalue weighted by Gasteiger charge is -2.29. The second-order valence-corrected chi connectivity index (χ2v) is 6.63. The zero-order valence-corrected chi connectivity index (χ0v) is 15.7. The first-order valence-electron chi connectivity index (χ1n) is 8.66. The highest BCUT2D eigenvalue weighted by atomic mass is 16.3. The molecule has 1 saturated heterocycles. The first-order valence-corrected chi connectivity index (χ1v) is 8.66. The van der Waals surface area contributed by atoms with Gasteiger partial charge in [0.2, 0.25) is 11.9 Å². The van der Waals surface area contributed by atoms with Gasteiger partial charge in [-0.25, -0.2) is 0 Å². The van der Waals surface area contributed by atoms with E-state index in [9.17, 15) is 14.7 Å². The number of nitrogens with one attached hydrogen (secondary N) is 1. The Morgan fingerprint density at radius 3 is 2.59 bits per heavy atom. The second-order valence-electron chi connectivity index (χ2n) is 6.63. The van der Waals surface area contributed by atoms with E-state index < -0.39 is 5.56 Å². The van der Waals surface area contributed by atoms with Crippen molar-refractivity contribution in [2.24, 2.45) is 5.92 Å². The van der Waals surface area contributed by atoms with Crippen molar-refractivity contribution >= 4 is 18.3 Å². The van der Waals surface area contributed by atoms with E-state index in [1.807, 2.05) is 14.1 Å². The maximum absolute atomic E-state index is 12.6. The lowest BCUT2D eigenvalue weighted by atomic mass is 10.0. The van der Waals surface area contributed by atoms with Crippen LogP contribution in [0.4, 0.5) is 5.95 Å². The molecule has 1 aliphatic heterocycles. The molecule has 1 aromatic heterocycles. The molecule has 0 radical (unpaired) electrons. The molecule has 0 spiro atoms. The number of nitrogen functional groups attached to an aromatic ring is 1. The van der Waals surface area contributed by atoms with Gasteiger partial charge < -0.3 is 25.7 Å². The van der Waals surface area contributed by atoms with Gasteiger partial charge in [0.05, 0.1) is 0 Å². The van der Waals surface area contributed by atoms with E-state index in [1.165, 1.54) is 0 Å². The molecule has 1 fully saturated rings. The van der Waals surface area contributed by atoms with Crippen LogP contribution < -0.4 is 11.3 Å². The number of hydrogen-bond donors (Lipinski definition) is 4. The van der Waals surface area contributed by atoms with Crippen molar-refractivity contribution in [3.63, 3.8) is 0 Å². The van der Waals surface area contributed by atoms with Crippen molar-refractivity contribution in [1.29, 1.82) is 0 Å². The van der Waals surface area contributed by atoms with Crippen LogP contribution in [0.1, 0.15) is 25.0 Å². The number of likely N-dealkylation sites (N-methyl/N-ethyl adjacent to an activating group) is 1. The number of anilines is 1. The Labute approximate surface area is 157 Å². The summed E-state index contributed by atoms with van der Waals surface area (Å²) >= 11 is 0. The number of nitrogens with two attached hydrogens (primary N) is 1. The molecule has 1 aliphatic rings. The summed E-state index contributed by atoms with van der Waals surface area (Å²) < 4.78 is 0. The molecule has 1 amide bonds. The Balaban J connectivity index is 0.00000114. The third kappa shape index (κ3) is 7.31. The molecule has 0 bridgehead atoms. The van der Waals surface area contributed by atoms with Crippen molar-refractivity contribution in [2.45, 2.75) is 31.7 Å². The SMILES string of the molecule is CN(C)[C@@H]1CC[C@H](CO)CN(C(=O)CCc2nnc(N)[nH]c2=O)C1.O=CO. The Hall–Kier alpha value is -2.53. The van der Waals surface area contributed by atoms with Crippen LogP contribution in [-0.4, -0.2) is 87.4 Å². The number of carboxylic acid groups (broad SMARTS) is 1. The summed E-state index contributed by atoms with van der Waals surface area (Å²) in [6.45, 7) is 1.00. The van der Waals surface area contributed by atoms with Crippen molar-refractivity contribution in [2.75, 3.05) is 39.5 Å². The largest absolute Gasteiger partial charge is 0.483 e. The van der Waals surface area contributed by atoms with E-state index in [0.29, 0.717) is 13.1 Å². The summed E-state index contributed by atoms with van der Waals surface area (Å²) in [6.07, 6.45) is 2.24. The van der Waals surface area contributed by atoms with Crippen LogP contribution in [0.25, 0.3) is 0 Å². The molecule has 152 valence electrons. The van der Waals surface area contributed by atoms with Crippen LogP contribution in [-0.2, 0) is 16.0 Å². The minimum absolute atomic E-state index is 0.0396. The number of nitrogens with zero attached hydrogens (tertiary/aromatic N) is 4. The average molecular weight is 384 g/mol. The molecule has 1 aromatic rings. The summed E-state index contributed by atoms with van der Waals surface area (Å²) in [5.41, 5.74) is 5.15. The third-order valence-corrected chi connectivity index (χ3v) is 4.52. The number of carbonyl (C=O) groups is 2. The minimum atomic E-state index is -0.412. The molecule has 11 nitrogen and oxygen atoms in total. The number of H-pyrrole nitrogens is 1. The van der Waals surface area contributed by atoms with Gasteiger partial charge in [-0.3, -0.25) is 19.4 Å². The monoisotopic (exact) mass is 384 g/mol. The van der Waals surface area contributed by atoms with Crippen LogP contribution in [0.5, 0.6) is 0 Å². The maximum atomic E-state index is 12.6. The molecule has 2 rings (SSSR count). The van der Waals surface area contributed by atoms with E-state index in [0.717, 1.165) is 12.8 Å². The summed E-state index contributed by atoms with van der Waals surface area (Å²) in [4.78, 5) is 38.9. The third-order valence-electron chi connectivity index (χ3n) is 4.52. The topological polar surface area (TPSA) is 166 Å². The number of likely N-dealkylation sites (tertiary alicyclic amines) is 1. The Bertz CT molecular complexity index is 665. The number of aryl methyl sites for hydroxylation is 1. The van der Waals surface area contributed by atoms with Gasteiger partial charge in [-0.15, -0.1) is 10.2 Å². The standard InChI is InChI=1S/C15H26N6O3.CH2O2/c1-20(2)11-4-3-10(9-22)7-21(8-11)13(23)6-5-12-14(24)17-15(16)19-18-12;2-1-3/h10-11,22H,3-9H2,1-2H3,(H3,16,17,19,24);1H,(H,2,3)/t10-,11+;/m0./s1. The number of carbonyl (C=O) groups excluding carboxylic acids is 1. The van der Waals surface area contributed by atoms with Gasteiger partial charge in [0.1, 0.15) is 5.69 Å². The zero-order valence-electron chi connectivity index (χ0n) is 15.7. The van der Waals surface area contributed by atoms with Gasteiger partial charge in [-0.2, -0.15) is 0 Å². The maximum Gasteiger partial charge on any atom is 0.290 e. The first kappa shape index (κ1) is 22.5. The predicted octanol–water partition coefficient (Wildman–Crippen LogP) is -1.46. The normalized spacial score (nSPS) is 19.8. The fourth-order valence-corrected chi connectivity index (χ4v) is 2.95. The number of aliphatic hydroxyl groups is 1. The smallest absolute Gasteiger partial charge is 0.290 e. The fourth-order valence-electron chi connectivity index (χ4n) is 2.95. The second kappa shape index (κ2) is 11.2. The molecular weight excluding hydrogens is 356 g/mol. The summed E-state index contributed by atoms with van der Waals surface area (Å²) in [6, 6.07) is 0.269. The van der Waals surface area contributed by atoms with Gasteiger partial charge in [-0.1, -0.05) is 0 Å². The number of rotatable bonds is 5. The van der Waals surface area contributed by atoms with Gasteiger partial charge in [0.25, 0.3) is 12.0 Å². The minimum Gasteiger partial charge on any atom is -0.483 e. The van der Waals surface area contributed by atoms with Gasteiger partial charge in [-0.05, 0) is 32.9 Å². The van der Waals surface area contributed by atoms with Gasteiger partial charge in [0.15, 0.2) is 0 Å². The van der Waals surface area contributed by atoms with E-state index >= 15 is 0 Å². The number of aromatic nitrogens is 3. The highest BCUT2D eigenvalue weighted by Gasteiger charge is 2.27. The summed E-state index contributed by atoms with van der Waals surface area (Å²) in [5.74, 6) is 0.0149. The van der Waals surface area contributed by atoms with Crippen LogP contribution in [0.3, 0.4) is 0 Å². The van der Waals surface area contributed by atoms with Crippen molar-refractivity contribution in [3.05, 3.63) is 16.0 Å². The quantitative estimate of drug-likeness (QED) is 0.444. The first-order chi connectivity index (χ1) is 12.8. The molecular formula is C16H28N6O5. The fraction of sp³-hybridized carbons (Fsp3) is 0.688. The predicted molar refractivity (Wildman–Crippen MR) is 97.9 cm³/mol. The molecule has 2 atom stereocenters. The number of amides is 1. The molecule has 0 unspecified atom stereocenters. The van der Waals surface area contributed by atoms with Crippen molar-refractivity contribution in [3.8, 4) is 0 Å². The molecule has 0 aromatic carbocycles. The van der Waals surface area contributed by atoms with Crippen LogP contribution in [0.15, 0.2) is 4.79 Å². The van der Waals surface area contributed by atoms with Crippen molar-refractivity contribution in [1.82, 2.24) is 25.0 Å². The molecule has 0 aliphatic carbocycles. The van der Waals surface area contributed by atoms with Crippen molar-refractivity contribution < 1.29 is 19.8 Å². The number of hydrogen-bond acceptors (Lipinski definition) is 8. The number of aromatic amines is 1. The molecule has 11 heteroatoms. The van der Waals surface area contributed by atoms with Crippen LogP contribution >= 0.6 is 0 Å². The molecule has 0 saturated carbocycles. The average Bonchev–Trinajstić information content (AvgIpc) is 2.84. The molecule has 27 heavy (non-hydrogen) atoms. The van der Waals surface area contributed by atoms with E-state index in [-0.39, 0.29) is 55.4 Å². The van der Waals surface area contributed by atoms with E-state index in [4.69, 9.17) is 15.6 Å². The Kier molecular flexibility index (Phi) is 9.37. The molecule has 2 heterocycles. The summed E-state index contributed by atoms with van der Waals surface area (Å²) in [7, 11) is 3.99. The van der Waals surface area contributed by atoms with E-state index in [1.54, 1.807) is 4.90 Å². The number of aliphatic hydroxyl groups excluding tert-OH is 1.